The third-order valence-electron chi connectivity index (χ3n) is 4.42. The van der Waals surface area contributed by atoms with E-state index >= 15 is 0 Å². The van der Waals surface area contributed by atoms with Crippen LogP contribution in [-0.4, -0.2) is 31.7 Å². The summed E-state index contributed by atoms with van der Waals surface area (Å²) in [7, 11) is -3.55. The van der Waals surface area contributed by atoms with E-state index in [1.807, 2.05) is 12.1 Å². The van der Waals surface area contributed by atoms with Gasteiger partial charge in [-0.2, -0.15) is 4.31 Å². The zero-order valence-electron chi connectivity index (χ0n) is 14.3. The highest BCUT2D eigenvalue weighted by atomic mass is 35.5. The van der Waals surface area contributed by atoms with Crippen molar-refractivity contribution in [3.05, 3.63) is 64.7 Å². The van der Waals surface area contributed by atoms with E-state index in [0.717, 1.165) is 24.8 Å². The van der Waals surface area contributed by atoms with Gasteiger partial charge in [-0.05, 0) is 48.7 Å². The molecule has 0 unspecified atom stereocenters. The summed E-state index contributed by atoms with van der Waals surface area (Å²) in [6.45, 7) is 1.42. The zero-order valence-corrected chi connectivity index (χ0v) is 15.9. The number of nitrogens with one attached hydrogen (secondary N) is 1. The molecule has 138 valence electrons. The lowest BCUT2D eigenvalue weighted by atomic mass is 10.2. The second-order valence-corrected chi connectivity index (χ2v) is 8.68. The van der Waals surface area contributed by atoms with Crippen LogP contribution < -0.4 is 5.32 Å². The average Bonchev–Trinajstić information content (AvgIpc) is 2.68. The van der Waals surface area contributed by atoms with Crippen LogP contribution in [0.4, 0.5) is 0 Å². The molecular weight excluding hydrogens is 372 g/mol. The third-order valence-corrected chi connectivity index (χ3v) is 6.56. The van der Waals surface area contributed by atoms with Crippen molar-refractivity contribution in [1.29, 1.82) is 0 Å². The maximum atomic E-state index is 12.8. The number of piperidine rings is 1. The highest BCUT2D eigenvalue weighted by molar-refractivity contribution is 7.89. The molecule has 0 aliphatic carbocycles. The summed E-state index contributed by atoms with van der Waals surface area (Å²) in [5, 5.41) is 3.44. The maximum Gasteiger partial charge on any atom is 0.251 e. The molecular formula is C19H21ClN2O3S. The summed E-state index contributed by atoms with van der Waals surface area (Å²) in [5.74, 6) is -0.310. The fourth-order valence-electron chi connectivity index (χ4n) is 2.94. The van der Waals surface area contributed by atoms with Crippen molar-refractivity contribution in [1.82, 2.24) is 9.62 Å². The van der Waals surface area contributed by atoms with Crippen LogP contribution in [0.5, 0.6) is 0 Å². The van der Waals surface area contributed by atoms with Gasteiger partial charge in [-0.25, -0.2) is 8.42 Å². The van der Waals surface area contributed by atoms with Crippen LogP contribution in [0.3, 0.4) is 0 Å². The summed E-state index contributed by atoms with van der Waals surface area (Å²) in [5.41, 5.74) is 1.25. The monoisotopic (exact) mass is 392 g/mol. The lowest BCUT2D eigenvalue weighted by Gasteiger charge is -2.26. The smallest absolute Gasteiger partial charge is 0.251 e. The topological polar surface area (TPSA) is 66.5 Å². The van der Waals surface area contributed by atoms with Crippen molar-refractivity contribution >= 4 is 27.5 Å². The number of hydrogen-bond acceptors (Lipinski definition) is 3. The first-order valence-electron chi connectivity index (χ1n) is 8.60. The van der Waals surface area contributed by atoms with Gasteiger partial charge in [0.25, 0.3) is 5.91 Å². The van der Waals surface area contributed by atoms with Gasteiger partial charge in [0.1, 0.15) is 0 Å². The van der Waals surface area contributed by atoms with E-state index in [0.29, 0.717) is 30.2 Å². The van der Waals surface area contributed by atoms with E-state index in [9.17, 15) is 13.2 Å². The molecule has 3 rings (SSSR count). The van der Waals surface area contributed by atoms with Crippen LogP contribution in [0, 0.1) is 0 Å². The molecule has 2 aromatic carbocycles. The predicted molar refractivity (Wildman–Crippen MR) is 102 cm³/mol. The Morgan fingerprint density at radius 2 is 1.73 bits per heavy atom. The van der Waals surface area contributed by atoms with Gasteiger partial charge in [0.05, 0.1) is 4.90 Å². The molecule has 0 saturated carbocycles. The molecule has 1 heterocycles. The van der Waals surface area contributed by atoms with E-state index in [1.165, 1.54) is 10.4 Å². The fourth-order valence-corrected chi connectivity index (χ4v) is 4.63. The van der Waals surface area contributed by atoms with E-state index in [2.05, 4.69) is 5.32 Å². The minimum Gasteiger partial charge on any atom is -0.348 e. The molecule has 1 aliphatic rings. The van der Waals surface area contributed by atoms with Gasteiger partial charge in [0.2, 0.25) is 10.0 Å². The number of nitrogens with zero attached hydrogens (tertiary/aromatic N) is 1. The van der Waals surface area contributed by atoms with Crippen LogP contribution >= 0.6 is 11.6 Å². The standard InChI is InChI=1S/C19H21ClN2O3S/c20-17-9-7-15(8-10-17)14-21-19(23)16-5-4-6-18(13-16)26(24,25)22-11-2-1-3-12-22/h4-10,13H,1-3,11-12,14H2,(H,21,23). The van der Waals surface area contributed by atoms with E-state index < -0.39 is 10.0 Å². The molecule has 2 aromatic rings. The predicted octanol–water partition coefficient (Wildman–Crippen LogP) is 3.44. The summed E-state index contributed by atoms with van der Waals surface area (Å²) in [4.78, 5) is 12.6. The van der Waals surface area contributed by atoms with Crippen LogP contribution in [0.15, 0.2) is 53.4 Å². The van der Waals surface area contributed by atoms with Gasteiger partial charge >= 0.3 is 0 Å². The largest absolute Gasteiger partial charge is 0.348 e. The van der Waals surface area contributed by atoms with Crippen LogP contribution in [0.1, 0.15) is 35.2 Å². The van der Waals surface area contributed by atoms with E-state index in [-0.39, 0.29) is 10.8 Å². The summed E-state index contributed by atoms with van der Waals surface area (Å²) in [6.07, 6.45) is 2.81. The van der Waals surface area contributed by atoms with Crippen molar-refractivity contribution in [2.45, 2.75) is 30.7 Å². The first kappa shape index (κ1) is 18.9. The molecule has 7 heteroatoms. The molecule has 1 aliphatic heterocycles. The Morgan fingerprint density at radius 3 is 2.42 bits per heavy atom. The van der Waals surface area contributed by atoms with Gasteiger partial charge < -0.3 is 5.32 Å². The average molecular weight is 393 g/mol. The second kappa shape index (κ2) is 8.20. The van der Waals surface area contributed by atoms with E-state index in [1.54, 1.807) is 30.3 Å². The van der Waals surface area contributed by atoms with Gasteiger partial charge in [0.15, 0.2) is 0 Å². The number of halogens is 1. The quantitative estimate of drug-likeness (QED) is 0.847. The maximum absolute atomic E-state index is 12.8. The van der Waals surface area contributed by atoms with Crippen molar-refractivity contribution < 1.29 is 13.2 Å². The Kier molecular flexibility index (Phi) is 5.96. The van der Waals surface area contributed by atoms with Gasteiger partial charge in [0, 0.05) is 30.2 Å². The summed E-state index contributed by atoms with van der Waals surface area (Å²) >= 11 is 5.85. The molecule has 1 amide bonds. The number of sulfonamides is 1. The molecule has 0 atom stereocenters. The van der Waals surface area contributed by atoms with Crippen LogP contribution in [-0.2, 0) is 16.6 Å². The Bertz CT molecular complexity index is 876. The van der Waals surface area contributed by atoms with Gasteiger partial charge in [-0.3, -0.25) is 4.79 Å². The summed E-state index contributed by atoms with van der Waals surface area (Å²) < 4.78 is 27.0. The molecule has 0 spiro atoms. The Balaban J connectivity index is 1.71. The number of carbonyl (C=O) groups is 1. The zero-order chi connectivity index (χ0) is 18.6. The first-order valence-corrected chi connectivity index (χ1v) is 10.4. The molecule has 1 saturated heterocycles. The Morgan fingerprint density at radius 1 is 1.04 bits per heavy atom. The summed E-state index contributed by atoms with van der Waals surface area (Å²) in [6, 6.07) is 13.4. The van der Waals surface area contributed by atoms with Gasteiger partial charge in [-0.1, -0.05) is 36.2 Å². The SMILES string of the molecule is O=C(NCc1ccc(Cl)cc1)c1cccc(S(=O)(=O)N2CCCCC2)c1. The minimum absolute atomic E-state index is 0.165. The number of hydrogen-bond donors (Lipinski definition) is 1. The molecule has 5 nitrogen and oxygen atoms in total. The van der Waals surface area contributed by atoms with Crippen LogP contribution in [0.2, 0.25) is 5.02 Å². The number of carbonyl (C=O) groups excluding carboxylic acids is 1. The lowest BCUT2D eigenvalue weighted by Crippen LogP contribution is -2.35. The highest BCUT2D eigenvalue weighted by Crippen LogP contribution is 2.21. The molecule has 0 bridgehead atoms. The molecule has 0 radical (unpaired) electrons. The fraction of sp³-hybridized carbons (Fsp3) is 0.316. The molecule has 26 heavy (non-hydrogen) atoms. The third kappa shape index (κ3) is 4.44. The van der Waals surface area contributed by atoms with Crippen LogP contribution in [0.25, 0.3) is 0 Å². The lowest BCUT2D eigenvalue weighted by molar-refractivity contribution is 0.0950. The molecule has 1 fully saturated rings. The number of amides is 1. The molecule has 0 aromatic heterocycles. The van der Waals surface area contributed by atoms with Crippen molar-refractivity contribution in [3.63, 3.8) is 0 Å². The van der Waals surface area contributed by atoms with Crippen molar-refractivity contribution in [3.8, 4) is 0 Å². The second-order valence-electron chi connectivity index (χ2n) is 6.30. The highest BCUT2D eigenvalue weighted by Gasteiger charge is 2.26. The first-order chi connectivity index (χ1) is 12.5. The normalized spacial score (nSPS) is 15.6. The Hall–Kier alpha value is -1.89. The van der Waals surface area contributed by atoms with Crippen molar-refractivity contribution in [2.75, 3.05) is 13.1 Å². The number of rotatable bonds is 5. The molecule has 1 N–H and O–H groups in total. The number of benzene rings is 2. The van der Waals surface area contributed by atoms with Crippen molar-refractivity contribution in [2.24, 2.45) is 0 Å². The Labute approximate surface area is 159 Å². The minimum atomic E-state index is -3.55. The van der Waals surface area contributed by atoms with E-state index in [4.69, 9.17) is 11.6 Å². The van der Waals surface area contributed by atoms with Gasteiger partial charge in [-0.15, -0.1) is 0 Å².